The van der Waals surface area contributed by atoms with E-state index < -0.39 is 0 Å². The third-order valence-electron chi connectivity index (χ3n) is 3.46. The number of carbonyl (C=O) groups excluding carboxylic acids is 1. The third kappa shape index (κ3) is 1.92. The van der Waals surface area contributed by atoms with E-state index in [9.17, 15) is 4.79 Å². The Labute approximate surface area is 85.6 Å². The molecule has 80 valence electrons. The van der Waals surface area contributed by atoms with Crippen LogP contribution >= 0.6 is 0 Å². The van der Waals surface area contributed by atoms with Crippen molar-refractivity contribution < 1.29 is 4.79 Å². The zero-order chi connectivity index (χ0) is 10.1. The second-order valence-electron chi connectivity index (χ2n) is 4.82. The monoisotopic (exact) mass is 196 g/mol. The Hall–Kier alpha value is -0.570. The van der Waals surface area contributed by atoms with Gasteiger partial charge < -0.3 is 10.6 Å². The molecule has 1 saturated carbocycles. The van der Waals surface area contributed by atoms with E-state index in [4.69, 9.17) is 5.73 Å². The molecule has 1 heterocycles. The molecule has 0 aromatic heterocycles. The summed E-state index contributed by atoms with van der Waals surface area (Å²) in [5.74, 6) is 1.44. The first-order valence-electron chi connectivity index (χ1n) is 5.73. The van der Waals surface area contributed by atoms with Crippen LogP contribution in [0.5, 0.6) is 0 Å². The van der Waals surface area contributed by atoms with E-state index in [1.54, 1.807) is 0 Å². The van der Waals surface area contributed by atoms with E-state index in [0.717, 1.165) is 38.1 Å². The predicted octanol–water partition coefficient (Wildman–Crippen LogP) is 0.982. The second-order valence-corrected chi connectivity index (χ2v) is 4.82. The van der Waals surface area contributed by atoms with E-state index in [1.165, 1.54) is 0 Å². The van der Waals surface area contributed by atoms with E-state index in [2.05, 4.69) is 6.92 Å². The van der Waals surface area contributed by atoms with Gasteiger partial charge in [-0.3, -0.25) is 4.79 Å². The molecule has 2 rings (SSSR count). The summed E-state index contributed by atoms with van der Waals surface area (Å²) in [4.78, 5) is 13.9. The van der Waals surface area contributed by atoms with Crippen LogP contribution in [0.2, 0.25) is 0 Å². The number of likely N-dealkylation sites (tertiary alicyclic amines) is 1. The average Bonchev–Trinajstić information content (AvgIpc) is 3.00. The van der Waals surface area contributed by atoms with Crippen molar-refractivity contribution in [1.29, 1.82) is 0 Å². The highest BCUT2D eigenvalue weighted by molar-refractivity contribution is 5.81. The van der Waals surface area contributed by atoms with Crippen molar-refractivity contribution in [1.82, 2.24) is 4.90 Å². The van der Waals surface area contributed by atoms with E-state index in [-0.39, 0.29) is 0 Å². The first-order valence-corrected chi connectivity index (χ1v) is 5.73. The molecule has 0 aromatic rings. The molecule has 1 aliphatic heterocycles. The number of nitrogens with two attached hydrogens (primary N) is 1. The molecule has 1 amide bonds. The molecule has 2 unspecified atom stereocenters. The Balaban J connectivity index is 1.97. The average molecular weight is 196 g/mol. The third-order valence-corrected chi connectivity index (χ3v) is 3.46. The van der Waals surface area contributed by atoms with Crippen LogP contribution in [0, 0.1) is 11.8 Å². The first-order chi connectivity index (χ1) is 6.72. The highest BCUT2D eigenvalue weighted by Gasteiger charge is 2.37. The topological polar surface area (TPSA) is 46.3 Å². The fraction of sp³-hybridized carbons (Fsp3) is 0.909. The summed E-state index contributed by atoms with van der Waals surface area (Å²) in [6, 6.07) is 0.312. The van der Waals surface area contributed by atoms with Crippen molar-refractivity contribution in [2.45, 2.75) is 38.6 Å². The molecule has 2 N–H and O–H groups in total. The SMILES string of the molecule is CC1CCN(C(=O)C2CC2)C(CN)C1. The van der Waals surface area contributed by atoms with Crippen LogP contribution in [0.4, 0.5) is 0 Å². The fourth-order valence-corrected chi connectivity index (χ4v) is 2.33. The van der Waals surface area contributed by atoms with Gasteiger partial charge in [0.25, 0.3) is 0 Å². The molecular weight excluding hydrogens is 176 g/mol. The molecule has 0 radical (unpaired) electrons. The van der Waals surface area contributed by atoms with Crippen LogP contribution in [0.25, 0.3) is 0 Å². The zero-order valence-corrected chi connectivity index (χ0v) is 8.91. The molecule has 0 spiro atoms. The highest BCUT2D eigenvalue weighted by Crippen LogP contribution is 2.33. The van der Waals surface area contributed by atoms with Crippen molar-refractivity contribution in [3.05, 3.63) is 0 Å². The molecule has 3 nitrogen and oxygen atoms in total. The lowest BCUT2D eigenvalue weighted by molar-refractivity contribution is -0.136. The summed E-state index contributed by atoms with van der Waals surface area (Å²) in [7, 11) is 0. The summed E-state index contributed by atoms with van der Waals surface area (Å²) in [5.41, 5.74) is 5.72. The van der Waals surface area contributed by atoms with Gasteiger partial charge in [0, 0.05) is 25.0 Å². The van der Waals surface area contributed by atoms with Gasteiger partial charge in [-0.05, 0) is 31.6 Å². The van der Waals surface area contributed by atoms with Crippen LogP contribution in [-0.4, -0.2) is 29.9 Å². The van der Waals surface area contributed by atoms with Crippen molar-refractivity contribution in [2.75, 3.05) is 13.1 Å². The number of rotatable bonds is 2. The van der Waals surface area contributed by atoms with Gasteiger partial charge in [0.2, 0.25) is 5.91 Å². The van der Waals surface area contributed by atoms with Crippen LogP contribution in [0.1, 0.15) is 32.6 Å². The Morgan fingerprint density at radius 2 is 2.14 bits per heavy atom. The Morgan fingerprint density at radius 3 is 2.71 bits per heavy atom. The van der Waals surface area contributed by atoms with Gasteiger partial charge in [-0.1, -0.05) is 6.92 Å². The smallest absolute Gasteiger partial charge is 0.225 e. The Bertz CT molecular complexity index is 225. The van der Waals surface area contributed by atoms with Crippen molar-refractivity contribution in [2.24, 2.45) is 17.6 Å². The van der Waals surface area contributed by atoms with Gasteiger partial charge in [0.05, 0.1) is 0 Å². The van der Waals surface area contributed by atoms with Crippen LogP contribution in [-0.2, 0) is 4.79 Å². The van der Waals surface area contributed by atoms with Gasteiger partial charge in [-0.25, -0.2) is 0 Å². The number of carbonyl (C=O) groups is 1. The minimum absolute atomic E-state index is 0.312. The summed E-state index contributed by atoms with van der Waals surface area (Å²) in [6.07, 6.45) is 4.44. The summed E-state index contributed by atoms with van der Waals surface area (Å²) >= 11 is 0. The normalized spacial score (nSPS) is 33.1. The Morgan fingerprint density at radius 1 is 1.43 bits per heavy atom. The molecule has 1 aliphatic carbocycles. The largest absolute Gasteiger partial charge is 0.338 e. The lowest BCUT2D eigenvalue weighted by Gasteiger charge is -2.38. The summed E-state index contributed by atoms with van der Waals surface area (Å²) < 4.78 is 0. The van der Waals surface area contributed by atoms with Crippen LogP contribution in [0.15, 0.2) is 0 Å². The lowest BCUT2D eigenvalue weighted by Crippen LogP contribution is -2.49. The molecule has 0 aromatic carbocycles. The maximum absolute atomic E-state index is 11.9. The number of nitrogens with zero attached hydrogens (tertiary/aromatic N) is 1. The predicted molar refractivity (Wildman–Crippen MR) is 55.7 cm³/mol. The van der Waals surface area contributed by atoms with Gasteiger partial charge in [0.15, 0.2) is 0 Å². The standard InChI is InChI=1S/C11H20N2O/c1-8-4-5-13(10(6-8)7-12)11(14)9-2-3-9/h8-10H,2-7,12H2,1H3. The minimum atomic E-state index is 0.312. The van der Waals surface area contributed by atoms with E-state index in [0.29, 0.717) is 24.4 Å². The quantitative estimate of drug-likeness (QED) is 0.715. The molecule has 1 saturated heterocycles. The molecule has 0 bridgehead atoms. The molecule has 2 atom stereocenters. The molecular formula is C11H20N2O. The van der Waals surface area contributed by atoms with E-state index in [1.807, 2.05) is 4.90 Å². The Kier molecular flexibility index (Phi) is 2.77. The highest BCUT2D eigenvalue weighted by atomic mass is 16.2. The van der Waals surface area contributed by atoms with Crippen LogP contribution in [0.3, 0.4) is 0 Å². The maximum Gasteiger partial charge on any atom is 0.225 e. The minimum Gasteiger partial charge on any atom is -0.338 e. The molecule has 2 aliphatic rings. The number of piperidine rings is 1. The number of hydrogen-bond acceptors (Lipinski definition) is 2. The lowest BCUT2D eigenvalue weighted by atomic mass is 9.92. The van der Waals surface area contributed by atoms with Crippen molar-refractivity contribution >= 4 is 5.91 Å². The maximum atomic E-state index is 11.9. The van der Waals surface area contributed by atoms with Crippen molar-refractivity contribution in [3.63, 3.8) is 0 Å². The van der Waals surface area contributed by atoms with Crippen molar-refractivity contribution in [3.8, 4) is 0 Å². The summed E-state index contributed by atoms with van der Waals surface area (Å²) in [6.45, 7) is 3.81. The summed E-state index contributed by atoms with van der Waals surface area (Å²) in [5, 5.41) is 0. The van der Waals surface area contributed by atoms with Gasteiger partial charge in [-0.15, -0.1) is 0 Å². The number of amides is 1. The second kappa shape index (κ2) is 3.89. The first kappa shape index (κ1) is 9.97. The van der Waals surface area contributed by atoms with Gasteiger partial charge in [0.1, 0.15) is 0 Å². The van der Waals surface area contributed by atoms with E-state index >= 15 is 0 Å². The zero-order valence-electron chi connectivity index (χ0n) is 8.91. The molecule has 2 fully saturated rings. The van der Waals surface area contributed by atoms with Gasteiger partial charge in [-0.2, -0.15) is 0 Å². The van der Waals surface area contributed by atoms with Gasteiger partial charge >= 0.3 is 0 Å². The van der Waals surface area contributed by atoms with Crippen LogP contribution < -0.4 is 5.73 Å². The fourth-order valence-electron chi connectivity index (χ4n) is 2.33. The molecule has 14 heavy (non-hydrogen) atoms. The number of hydrogen-bond donors (Lipinski definition) is 1. The molecule has 3 heteroatoms.